The molecule has 24 heavy (non-hydrogen) atoms. The van der Waals surface area contributed by atoms with Gasteiger partial charge in [-0.15, -0.1) is 0 Å². The second kappa shape index (κ2) is 7.95. The van der Waals surface area contributed by atoms with Crippen molar-refractivity contribution in [3.63, 3.8) is 0 Å². The van der Waals surface area contributed by atoms with Gasteiger partial charge in [0, 0.05) is 29.1 Å². The molecule has 0 aliphatic heterocycles. The van der Waals surface area contributed by atoms with E-state index in [2.05, 4.69) is 25.8 Å². The number of allylic oxidation sites excluding steroid dienone is 2. The van der Waals surface area contributed by atoms with Crippen molar-refractivity contribution in [1.29, 1.82) is 0 Å². The van der Waals surface area contributed by atoms with Gasteiger partial charge in [0.05, 0.1) is 5.57 Å². The Hall–Kier alpha value is -0.950. The monoisotopic (exact) mass is 373 g/mol. The van der Waals surface area contributed by atoms with Crippen LogP contribution in [0.15, 0.2) is 16.3 Å². The van der Waals surface area contributed by atoms with Crippen LogP contribution in [0.3, 0.4) is 0 Å². The Morgan fingerprint density at radius 3 is 2.38 bits per heavy atom. The molecule has 0 spiro atoms. The van der Waals surface area contributed by atoms with E-state index < -0.39 is 12.0 Å². The second-order valence-electron chi connectivity index (χ2n) is 7.81. The fourth-order valence-corrected chi connectivity index (χ4v) is 4.86. The Labute approximate surface area is 151 Å². The van der Waals surface area contributed by atoms with E-state index in [-0.39, 0.29) is 27.3 Å². The van der Waals surface area contributed by atoms with Gasteiger partial charge in [-0.3, -0.25) is 9.79 Å². The van der Waals surface area contributed by atoms with Crippen LogP contribution in [0.4, 0.5) is 0 Å². The number of aliphatic imine (C=N–C) groups is 1. The van der Waals surface area contributed by atoms with Gasteiger partial charge in [0.1, 0.15) is 5.76 Å². The summed E-state index contributed by atoms with van der Waals surface area (Å²) in [5, 5.41) is 19.6. The number of carboxylic acid groups (broad SMARTS) is 1. The molecule has 0 amide bonds. The maximum absolute atomic E-state index is 12.3. The SMILES string of the molecule is CC(=N[C@@H](CSSC(C)(C)C)C(=O)O)C1=C(O)CC(C)(C)CC1=O. The van der Waals surface area contributed by atoms with Crippen LogP contribution in [-0.4, -0.2) is 44.2 Å². The molecule has 136 valence electrons. The molecule has 0 bridgehead atoms. The van der Waals surface area contributed by atoms with Crippen molar-refractivity contribution in [3.05, 3.63) is 11.3 Å². The first-order chi connectivity index (χ1) is 10.8. The molecule has 5 nitrogen and oxygen atoms in total. The highest BCUT2D eigenvalue weighted by molar-refractivity contribution is 8.77. The van der Waals surface area contributed by atoms with Crippen LogP contribution in [0.5, 0.6) is 0 Å². The topological polar surface area (TPSA) is 87.0 Å². The van der Waals surface area contributed by atoms with Gasteiger partial charge in [-0.2, -0.15) is 0 Å². The van der Waals surface area contributed by atoms with Crippen LogP contribution in [0.1, 0.15) is 54.4 Å². The fourth-order valence-electron chi connectivity index (χ4n) is 2.44. The molecule has 0 saturated heterocycles. The molecule has 0 fully saturated rings. The molecule has 1 aliphatic carbocycles. The minimum absolute atomic E-state index is 0.0124. The average Bonchev–Trinajstić information content (AvgIpc) is 2.33. The van der Waals surface area contributed by atoms with Gasteiger partial charge in [0.2, 0.25) is 0 Å². The number of nitrogens with zero attached hydrogens (tertiary/aromatic N) is 1. The number of aliphatic carboxylic acids is 1. The summed E-state index contributed by atoms with van der Waals surface area (Å²) in [6.45, 7) is 11.6. The Balaban J connectivity index is 2.94. The highest BCUT2D eigenvalue weighted by Crippen LogP contribution is 2.37. The molecule has 1 atom stereocenters. The molecule has 1 rings (SSSR count). The highest BCUT2D eigenvalue weighted by Gasteiger charge is 2.34. The lowest BCUT2D eigenvalue weighted by Gasteiger charge is -2.29. The molecule has 0 aromatic rings. The molecule has 2 N–H and O–H groups in total. The molecule has 1 aliphatic rings. The number of ketones is 1. The van der Waals surface area contributed by atoms with E-state index in [1.807, 2.05) is 13.8 Å². The lowest BCUT2D eigenvalue weighted by atomic mass is 9.76. The van der Waals surface area contributed by atoms with E-state index in [0.717, 1.165) is 0 Å². The summed E-state index contributed by atoms with van der Waals surface area (Å²) in [6, 6.07) is -0.937. The summed E-state index contributed by atoms with van der Waals surface area (Å²) in [4.78, 5) is 28.0. The molecular weight excluding hydrogens is 346 g/mol. The second-order valence-corrected chi connectivity index (χ2v) is 11.0. The smallest absolute Gasteiger partial charge is 0.329 e. The lowest BCUT2D eigenvalue weighted by molar-refractivity contribution is -0.137. The number of carbonyl (C=O) groups excluding carboxylic acids is 1. The largest absolute Gasteiger partial charge is 0.511 e. The first kappa shape index (κ1) is 21.1. The third-order valence-corrected chi connectivity index (χ3v) is 6.72. The number of aliphatic hydroxyl groups is 1. The predicted octanol–water partition coefficient (Wildman–Crippen LogP) is 4.28. The van der Waals surface area contributed by atoms with Gasteiger partial charge in [-0.25, -0.2) is 4.79 Å². The molecule has 0 saturated carbocycles. The van der Waals surface area contributed by atoms with E-state index in [1.54, 1.807) is 17.7 Å². The molecule has 7 heteroatoms. The van der Waals surface area contributed by atoms with Gasteiger partial charge in [-0.1, -0.05) is 56.2 Å². The predicted molar refractivity (Wildman–Crippen MR) is 102 cm³/mol. The number of carboxylic acids is 1. The fraction of sp³-hybridized carbons (Fsp3) is 0.706. The minimum Gasteiger partial charge on any atom is -0.511 e. The van der Waals surface area contributed by atoms with Gasteiger partial charge in [0.15, 0.2) is 11.8 Å². The van der Waals surface area contributed by atoms with Crippen molar-refractivity contribution in [2.45, 2.75) is 65.2 Å². The lowest BCUT2D eigenvalue weighted by Crippen LogP contribution is -2.30. The Morgan fingerprint density at radius 1 is 1.33 bits per heavy atom. The summed E-state index contributed by atoms with van der Waals surface area (Å²) in [7, 11) is 3.05. The molecule has 0 heterocycles. The van der Waals surface area contributed by atoms with E-state index in [0.29, 0.717) is 24.3 Å². The van der Waals surface area contributed by atoms with Crippen LogP contribution < -0.4 is 0 Å². The average molecular weight is 374 g/mol. The van der Waals surface area contributed by atoms with E-state index >= 15 is 0 Å². The van der Waals surface area contributed by atoms with Gasteiger partial charge < -0.3 is 10.2 Å². The number of hydrogen-bond acceptors (Lipinski definition) is 6. The molecule has 0 aromatic carbocycles. The summed E-state index contributed by atoms with van der Waals surface area (Å²) < 4.78 is 0.0260. The van der Waals surface area contributed by atoms with E-state index in [9.17, 15) is 19.8 Å². The third kappa shape index (κ3) is 6.51. The minimum atomic E-state index is -1.03. The Morgan fingerprint density at radius 2 is 1.92 bits per heavy atom. The molecular formula is C17H27NO4S2. The number of aliphatic hydroxyl groups excluding tert-OH is 1. The van der Waals surface area contributed by atoms with E-state index in [4.69, 9.17) is 0 Å². The van der Waals surface area contributed by atoms with Crippen LogP contribution in [0, 0.1) is 5.41 Å². The number of hydrogen-bond donors (Lipinski definition) is 2. The summed E-state index contributed by atoms with van der Waals surface area (Å²) in [5.41, 5.74) is 0.215. The van der Waals surface area contributed by atoms with Crippen LogP contribution in [-0.2, 0) is 9.59 Å². The normalized spacial score (nSPS) is 20.2. The molecule has 0 unspecified atom stereocenters. The summed E-state index contributed by atoms with van der Waals surface area (Å²) in [6.07, 6.45) is 0.721. The van der Waals surface area contributed by atoms with E-state index in [1.165, 1.54) is 10.8 Å². The van der Waals surface area contributed by atoms with Crippen molar-refractivity contribution in [2.24, 2.45) is 10.4 Å². The first-order valence-corrected chi connectivity index (χ1v) is 10.2. The maximum Gasteiger partial charge on any atom is 0.329 e. The van der Waals surface area contributed by atoms with Crippen molar-refractivity contribution >= 4 is 39.1 Å². The zero-order valence-corrected chi connectivity index (χ0v) is 16.8. The first-order valence-electron chi connectivity index (χ1n) is 7.86. The van der Waals surface area contributed by atoms with Crippen LogP contribution in [0.2, 0.25) is 0 Å². The number of carbonyl (C=O) groups is 2. The summed E-state index contributed by atoms with van der Waals surface area (Å²) >= 11 is 0. The zero-order chi connectivity index (χ0) is 18.7. The van der Waals surface area contributed by atoms with Crippen molar-refractivity contribution < 1.29 is 19.8 Å². The Kier molecular flexibility index (Phi) is 6.99. The maximum atomic E-state index is 12.3. The van der Waals surface area contributed by atoms with Gasteiger partial charge in [-0.05, 0) is 12.3 Å². The standard InChI is InChI=1S/C17H27NO4S2/c1-10(14-12(19)7-17(5,6)8-13(14)20)18-11(15(21)22)9-23-24-16(2,3)4/h11,19H,7-9H2,1-6H3,(H,21,22)/t11-/m0/s1. The third-order valence-electron chi connectivity index (χ3n) is 3.38. The van der Waals surface area contributed by atoms with Crippen LogP contribution in [0.25, 0.3) is 0 Å². The van der Waals surface area contributed by atoms with Gasteiger partial charge in [0.25, 0.3) is 0 Å². The zero-order valence-electron chi connectivity index (χ0n) is 15.2. The van der Waals surface area contributed by atoms with Crippen molar-refractivity contribution in [1.82, 2.24) is 0 Å². The summed E-state index contributed by atoms with van der Waals surface area (Å²) in [5.74, 6) is -0.883. The molecule has 0 aromatic heterocycles. The van der Waals surface area contributed by atoms with Gasteiger partial charge >= 0.3 is 5.97 Å². The van der Waals surface area contributed by atoms with Crippen LogP contribution >= 0.6 is 21.6 Å². The molecule has 0 radical (unpaired) electrons. The number of rotatable bonds is 6. The van der Waals surface area contributed by atoms with Crippen molar-refractivity contribution in [2.75, 3.05) is 5.75 Å². The number of Topliss-reactive ketones (excluding diaryl/α,β-unsaturated/α-hetero) is 1. The van der Waals surface area contributed by atoms with Crippen molar-refractivity contribution in [3.8, 4) is 0 Å². The highest BCUT2D eigenvalue weighted by atomic mass is 33.1. The Bertz CT molecular complexity index is 574. The quantitative estimate of drug-likeness (QED) is 0.534.